The van der Waals surface area contributed by atoms with E-state index in [1.807, 2.05) is 0 Å². The minimum atomic E-state index is -3.15. The molecule has 4 nitrogen and oxygen atoms in total. The summed E-state index contributed by atoms with van der Waals surface area (Å²) in [5, 5.41) is 0. The molecule has 25 heavy (non-hydrogen) atoms. The fourth-order valence-corrected chi connectivity index (χ4v) is 5.19. The van der Waals surface area contributed by atoms with E-state index in [2.05, 4.69) is 15.9 Å². The molecule has 1 atom stereocenters. The summed E-state index contributed by atoms with van der Waals surface area (Å²) >= 11 is 3.37. The van der Waals surface area contributed by atoms with Gasteiger partial charge in [0.1, 0.15) is 5.82 Å². The highest BCUT2D eigenvalue weighted by molar-refractivity contribution is 9.10. The third-order valence-electron chi connectivity index (χ3n) is 4.26. The second kappa shape index (κ2) is 7.25. The lowest BCUT2D eigenvalue weighted by Gasteiger charge is -2.29. The van der Waals surface area contributed by atoms with E-state index in [0.717, 1.165) is 0 Å². The summed E-state index contributed by atoms with van der Waals surface area (Å²) < 4.78 is 37.9. The molecule has 0 N–H and O–H groups in total. The van der Waals surface area contributed by atoms with Crippen LogP contribution in [-0.2, 0) is 16.4 Å². The van der Waals surface area contributed by atoms with Crippen LogP contribution in [0.25, 0.3) is 0 Å². The van der Waals surface area contributed by atoms with Gasteiger partial charge in [0.05, 0.1) is 17.1 Å². The van der Waals surface area contributed by atoms with Gasteiger partial charge in [-0.3, -0.25) is 4.79 Å². The third kappa shape index (κ3) is 4.27. The second-order valence-corrected chi connectivity index (χ2v) is 9.18. The average molecular weight is 426 g/mol. The van der Waals surface area contributed by atoms with Crippen LogP contribution in [0.1, 0.15) is 22.3 Å². The largest absolute Gasteiger partial charge is 0.330 e. The average Bonchev–Trinajstić information content (AvgIpc) is 2.92. The molecule has 1 aliphatic heterocycles. The van der Waals surface area contributed by atoms with Crippen molar-refractivity contribution in [2.24, 2.45) is 0 Å². The Bertz CT molecular complexity index is 901. The number of nitrogens with zero attached hydrogens (tertiary/aromatic N) is 1. The van der Waals surface area contributed by atoms with Gasteiger partial charge in [-0.05, 0) is 52.2 Å². The molecule has 3 rings (SSSR count). The van der Waals surface area contributed by atoms with Gasteiger partial charge >= 0.3 is 0 Å². The first-order valence-electron chi connectivity index (χ1n) is 7.86. The van der Waals surface area contributed by atoms with Crippen molar-refractivity contribution >= 4 is 31.7 Å². The summed E-state index contributed by atoms with van der Waals surface area (Å²) in [5.41, 5.74) is 1.09. The SMILES string of the molecule is O=C(c1ccccc1Br)N(Cc1cccc(F)c1)C1CCS(=O)(=O)C1. The van der Waals surface area contributed by atoms with Crippen LogP contribution in [0.3, 0.4) is 0 Å². The molecule has 1 heterocycles. The maximum Gasteiger partial charge on any atom is 0.255 e. The molecule has 0 saturated carbocycles. The molecule has 1 fully saturated rings. The Morgan fingerprint density at radius 3 is 2.60 bits per heavy atom. The van der Waals surface area contributed by atoms with Gasteiger partial charge in [0.25, 0.3) is 5.91 Å². The monoisotopic (exact) mass is 425 g/mol. The Kier molecular flexibility index (Phi) is 5.24. The van der Waals surface area contributed by atoms with E-state index >= 15 is 0 Å². The Hall–Kier alpha value is -1.73. The van der Waals surface area contributed by atoms with Crippen molar-refractivity contribution in [1.29, 1.82) is 0 Å². The molecule has 132 valence electrons. The van der Waals surface area contributed by atoms with Gasteiger partial charge < -0.3 is 4.90 Å². The molecule has 7 heteroatoms. The standard InChI is InChI=1S/C18H17BrFNO3S/c19-17-7-2-1-6-16(17)18(22)21(15-8-9-25(23,24)12-15)11-13-4-3-5-14(20)10-13/h1-7,10,15H,8-9,11-12H2. The summed E-state index contributed by atoms with van der Waals surface area (Å²) in [6.07, 6.45) is 0.397. The molecule has 0 aliphatic carbocycles. The van der Waals surface area contributed by atoms with E-state index in [9.17, 15) is 17.6 Å². The first-order valence-corrected chi connectivity index (χ1v) is 10.5. The van der Waals surface area contributed by atoms with Gasteiger partial charge in [0.15, 0.2) is 9.84 Å². The van der Waals surface area contributed by atoms with Crippen molar-refractivity contribution in [3.63, 3.8) is 0 Å². The fraction of sp³-hybridized carbons (Fsp3) is 0.278. The van der Waals surface area contributed by atoms with Crippen LogP contribution in [0, 0.1) is 5.82 Å². The van der Waals surface area contributed by atoms with Gasteiger partial charge in [-0.1, -0.05) is 24.3 Å². The van der Waals surface area contributed by atoms with Gasteiger partial charge in [-0.15, -0.1) is 0 Å². The number of amides is 1. The number of rotatable bonds is 4. The van der Waals surface area contributed by atoms with Gasteiger partial charge in [-0.25, -0.2) is 12.8 Å². The quantitative estimate of drug-likeness (QED) is 0.753. The zero-order valence-electron chi connectivity index (χ0n) is 13.4. The first kappa shape index (κ1) is 18.1. The summed E-state index contributed by atoms with van der Waals surface area (Å²) in [6, 6.07) is 12.6. The predicted octanol–water partition coefficient (Wildman–Crippen LogP) is 3.42. The fourth-order valence-electron chi connectivity index (χ4n) is 3.01. The van der Waals surface area contributed by atoms with Crippen molar-refractivity contribution in [3.8, 4) is 0 Å². The molecule has 1 saturated heterocycles. The highest BCUT2D eigenvalue weighted by Crippen LogP contribution is 2.25. The first-order chi connectivity index (χ1) is 11.9. The number of benzene rings is 2. The number of carbonyl (C=O) groups is 1. The van der Waals surface area contributed by atoms with Crippen LogP contribution in [0.4, 0.5) is 4.39 Å². The number of halogens is 2. The van der Waals surface area contributed by atoms with Crippen LogP contribution in [0.15, 0.2) is 53.0 Å². The molecule has 1 aliphatic rings. The summed E-state index contributed by atoms with van der Waals surface area (Å²) in [4.78, 5) is 14.6. The molecular weight excluding hydrogens is 409 g/mol. The Balaban J connectivity index is 1.94. The zero-order chi connectivity index (χ0) is 18.0. The maximum absolute atomic E-state index is 13.5. The molecule has 2 aromatic carbocycles. The van der Waals surface area contributed by atoms with E-state index in [1.54, 1.807) is 41.3 Å². The zero-order valence-corrected chi connectivity index (χ0v) is 15.8. The van der Waals surface area contributed by atoms with Crippen LogP contribution < -0.4 is 0 Å². The Morgan fingerprint density at radius 2 is 1.96 bits per heavy atom. The van der Waals surface area contributed by atoms with Crippen LogP contribution in [-0.4, -0.2) is 36.8 Å². The highest BCUT2D eigenvalue weighted by atomic mass is 79.9. The number of carbonyl (C=O) groups excluding carboxylic acids is 1. The van der Waals surface area contributed by atoms with Crippen molar-refractivity contribution < 1.29 is 17.6 Å². The van der Waals surface area contributed by atoms with Crippen molar-refractivity contribution in [1.82, 2.24) is 4.90 Å². The molecule has 0 bridgehead atoms. The number of hydrogen-bond donors (Lipinski definition) is 0. The smallest absolute Gasteiger partial charge is 0.255 e. The Labute approximate surface area is 154 Å². The Morgan fingerprint density at radius 1 is 1.20 bits per heavy atom. The molecular formula is C18H17BrFNO3S. The van der Waals surface area contributed by atoms with Crippen molar-refractivity contribution in [2.75, 3.05) is 11.5 Å². The summed E-state index contributed by atoms with van der Waals surface area (Å²) in [7, 11) is -3.15. The molecule has 2 aromatic rings. The summed E-state index contributed by atoms with van der Waals surface area (Å²) in [6.45, 7) is 0.165. The van der Waals surface area contributed by atoms with Gasteiger partial charge in [-0.2, -0.15) is 0 Å². The lowest BCUT2D eigenvalue weighted by molar-refractivity contribution is 0.0679. The normalized spacial score (nSPS) is 18.9. The summed E-state index contributed by atoms with van der Waals surface area (Å²) in [5.74, 6) is -0.636. The molecule has 1 amide bonds. The number of sulfone groups is 1. The van der Waals surface area contributed by atoms with E-state index in [-0.39, 0.29) is 29.8 Å². The van der Waals surface area contributed by atoms with Crippen LogP contribution >= 0.6 is 15.9 Å². The minimum Gasteiger partial charge on any atom is -0.330 e. The van der Waals surface area contributed by atoms with Crippen LogP contribution in [0.2, 0.25) is 0 Å². The minimum absolute atomic E-state index is 0.0570. The predicted molar refractivity (Wildman–Crippen MR) is 97.5 cm³/mol. The van der Waals surface area contributed by atoms with E-state index in [4.69, 9.17) is 0 Å². The number of hydrogen-bond acceptors (Lipinski definition) is 3. The van der Waals surface area contributed by atoms with E-state index in [0.29, 0.717) is 22.0 Å². The molecule has 0 spiro atoms. The van der Waals surface area contributed by atoms with E-state index < -0.39 is 15.9 Å². The maximum atomic E-state index is 13.5. The van der Waals surface area contributed by atoms with Gasteiger partial charge in [0.2, 0.25) is 0 Å². The molecule has 1 unspecified atom stereocenters. The van der Waals surface area contributed by atoms with E-state index in [1.165, 1.54) is 12.1 Å². The molecule has 0 radical (unpaired) electrons. The topological polar surface area (TPSA) is 54.5 Å². The third-order valence-corrected chi connectivity index (χ3v) is 6.70. The highest BCUT2D eigenvalue weighted by Gasteiger charge is 2.35. The second-order valence-electron chi connectivity index (χ2n) is 6.10. The van der Waals surface area contributed by atoms with Gasteiger partial charge in [0, 0.05) is 17.1 Å². The molecule has 0 aromatic heterocycles. The lowest BCUT2D eigenvalue weighted by atomic mass is 10.1. The van der Waals surface area contributed by atoms with Crippen molar-refractivity contribution in [2.45, 2.75) is 19.0 Å². The van der Waals surface area contributed by atoms with Crippen LogP contribution in [0.5, 0.6) is 0 Å². The van der Waals surface area contributed by atoms with Crippen molar-refractivity contribution in [3.05, 3.63) is 69.9 Å². The lowest BCUT2D eigenvalue weighted by Crippen LogP contribution is -2.40.